The summed E-state index contributed by atoms with van der Waals surface area (Å²) in [5, 5.41) is 12.8. The summed E-state index contributed by atoms with van der Waals surface area (Å²) in [4.78, 5) is 24.6. The van der Waals surface area contributed by atoms with E-state index in [0.29, 0.717) is 17.8 Å². The molecule has 2 aromatic rings. The molecule has 1 amide bonds. The van der Waals surface area contributed by atoms with Crippen molar-refractivity contribution < 1.29 is 24.3 Å². The Morgan fingerprint density at radius 2 is 2.21 bits per heavy atom. The van der Waals surface area contributed by atoms with Crippen LogP contribution in [0, 0.1) is 0 Å². The number of methoxy groups -OCH3 is 1. The van der Waals surface area contributed by atoms with Gasteiger partial charge in [-0.15, -0.1) is 0 Å². The van der Waals surface area contributed by atoms with Crippen LogP contribution in [-0.2, 0) is 21.4 Å². The second-order valence-electron chi connectivity index (χ2n) is 6.34. The average Bonchev–Trinajstić information content (AvgIpc) is 3.04. The van der Waals surface area contributed by atoms with Crippen LogP contribution in [-0.4, -0.2) is 24.2 Å². The molecule has 2 atom stereocenters. The SMILES string of the molecule is COC(=O)c1ccc2c(c1)CC1(C(=O)Nc3c1ccc[n+]3O)C2C. The molecule has 2 N–H and O–H groups in total. The third kappa shape index (κ3) is 1.68. The number of rotatable bonds is 1. The topological polar surface area (TPSA) is 79.5 Å². The molecule has 122 valence electrons. The average molecular weight is 325 g/mol. The van der Waals surface area contributed by atoms with Crippen molar-refractivity contribution in [1.29, 1.82) is 0 Å². The van der Waals surface area contributed by atoms with E-state index in [0.717, 1.165) is 21.4 Å². The Morgan fingerprint density at radius 1 is 1.42 bits per heavy atom. The van der Waals surface area contributed by atoms with E-state index in [1.54, 1.807) is 18.2 Å². The number of nitrogens with one attached hydrogen (secondary N) is 1. The monoisotopic (exact) mass is 325 g/mol. The molecule has 0 radical (unpaired) electrons. The summed E-state index contributed by atoms with van der Waals surface area (Å²) in [6.45, 7) is 2.01. The minimum absolute atomic E-state index is 0.0668. The molecule has 1 aromatic carbocycles. The van der Waals surface area contributed by atoms with E-state index in [-0.39, 0.29) is 11.8 Å². The molecule has 0 bridgehead atoms. The second kappa shape index (κ2) is 4.80. The van der Waals surface area contributed by atoms with Crippen LogP contribution in [0.15, 0.2) is 36.5 Å². The predicted molar refractivity (Wildman–Crippen MR) is 84.0 cm³/mol. The summed E-state index contributed by atoms with van der Waals surface area (Å²) in [6, 6.07) is 9.00. The summed E-state index contributed by atoms with van der Waals surface area (Å²) in [5.74, 6) is -0.177. The maximum Gasteiger partial charge on any atom is 0.337 e. The van der Waals surface area contributed by atoms with Gasteiger partial charge in [-0.2, -0.15) is 0 Å². The van der Waals surface area contributed by atoms with Gasteiger partial charge in [-0.3, -0.25) is 0 Å². The fourth-order valence-corrected chi connectivity index (χ4v) is 4.07. The number of nitrogens with zero attached hydrogens (tertiary/aromatic N) is 1. The van der Waals surface area contributed by atoms with E-state index < -0.39 is 11.4 Å². The van der Waals surface area contributed by atoms with E-state index in [4.69, 9.17) is 4.74 Å². The molecule has 2 unspecified atom stereocenters. The van der Waals surface area contributed by atoms with Gasteiger partial charge in [0.15, 0.2) is 0 Å². The number of hydrogen-bond acceptors (Lipinski definition) is 4. The minimum Gasteiger partial charge on any atom is -0.465 e. The normalized spacial score (nSPS) is 23.8. The van der Waals surface area contributed by atoms with Gasteiger partial charge >= 0.3 is 17.7 Å². The number of amides is 1. The Morgan fingerprint density at radius 3 is 2.96 bits per heavy atom. The lowest BCUT2D eigenvalue weighted by Gasteiger charge is -2.24. The molecular formula is C18H17N2O4+. The lowest BCUT2D eigenvalue weighted by Crippen LogP contribution is -2.37. The van der Waals surface area contributed by atoms with Crippen LogP contribution in [0.3, 0.4) is 0 Å². The maximum atomic E-state index is 12.8. The fourth-order valence-electron chi connectivity index (χ4n) is 4.07. The number of ether oxygens (including phenoxy) is 1. The first kappa shape index (κ1) is 14.7. The van der Waals surface area contributed by atoms with Crippen molar-refractivity contribution in [1.82, 2.24) is 0 Å². The third-order valence-electron chi connectivity index (χ3n) is 5.33. The molecule has 1 aliphatic carbocycles. The second-order valence-corrected chi connectivity index (χ2v) is 6.34. The Kier molecular flexibility index (Phi) is 2.94. The number of benzene rings is 1. The number of carbonyl (C=O) groups excluding carboxylic acids is 2. The van der Waals surface area contributed by atoms with Crippen LogP contribution in [0.4, 0.5) is 5.82 Å². The first-order valence-electron chi connectivity index (χ1n) is 7.76. The number of hydrogen-bond donors (Lipinski definition) is 2. The van der Waals surface area contributed by atoms with Gasteiger partial charge in [-0.1, -0.05) is 17.7 Å². The Balaban J connectivity index is 1.86. The zero-order chi connectivity index (χ0) is 17.1. The van der Waals surface area contributed by atoms with Crippen molar-refractivity contribution in [3.63, 3.8) is 0 Å². The van der Waals surface area contributed by atoms with Crippen LogP contribution in [0.5, 0.6) is 0 Å². The summed E-state index contributed by atoms with van der Waals surface area (Å²) in [5.41, 5.74) is 2.49. The molecule has 24 heavy (non-hydrogen) atoms. The highest BCUT2D eigenvalue weighted by Crippen LogP contribution is 2.53. The predicted octanol–water partition coefficient (Wildman–Crippen LogP) is 1.55. The van der Waals surface area contributed by atoms with Crippen molar-refractivity contribution in [3.05, 3.63) is 58.8 Å². The molecule has 1 aliphatic heterocycles. The molecule has 2 aliphatic rings. The molecule has 1 spiro atoms. The third-order valence-corrected chi connectivity index (χ3v) is 5.33. The summed E-state index contributed by atoms with van der Waals surface area (Å²) in [6.07, 6.45) is 1.97. The molecular weight excluding hydrogens is 308 g/mol. The Hall–Kier alpha value is -2.89. The van der Waals surface area contributed by atoms with Crippen LogP contribution in [0.2, 0.25) is 0 Å². The van der Waals surface area contributed by atoms with Crippen molar-refractivity contribution in [2.24, 2.45) is 0 Å². The van der Waals surface area contributed by atoms with E-state index in [1.165, 1.54) is 13.3 Å². The lowest BCUT2D eigenvalue weighted by molar-refractivity contribution is -0.893. The zero-order valence-electron chi connectivity index (χ0n) is 13.4. The zero-order valence-corrected chi connectivity index (χ0v) is 13.4. The van der Waals surface area contributed by atoms with Crippen molar-refractivity contribution in [2.75, 3.05) is 12.4 Å². The van der Waals surface area contributed by atoms with E-state index in [9.17, 15) is 14.8 Å². The van der Waals surface area contributed by atoms with Gasteiger partial charge in [-0.25, -0.2) is 14.9 Å². The van der Waals surface area contributed by atoms with Gasteiger partial charge in [-0.05, 0) is 41.8 Å². The molecule has 0 saturated heterocycles. The van der Waals surface area contributed by atoms with Gasteiger partial charge in [0.25, 0.3) is 0 Å². The van der Waals surface area contributed by atoms with Crippen molar-refractivity contribution in [3.8, 4) is 0 Å². The van der Waals surface area contributed by atoms with Gasteiger partial charge in [0, 0.05) is 5.92 Å². The Bertz CT molecular complexity index is 893. The van der Waals surface area contributed by atoms with Crippen LogP contribution < -0.4 is 10.0 Å². The molecule has 0 fully saturated rings. The molecule has 6 nitrogen and oxygen atoms in total. The largest absolute Gasteiger partial charge is 0.465 e. The standard InChI is InChI=1S/C18H16N2O4/c1-10-13-6-5-11(16(21)24-2)8-12(13)9-18(10)14-4-3-7-20(23)15(14)19-17(18)22/h3-8,10,23H,9H2,1-2H3/p+1. The number of fused-ring (bicyclic) bond motifs is 3. The number of carbonyl (C=O) groups is 2. The molecule has 2 heterocycles. The number of aromatic nitrogens is 1. The van der Waals surface area contributed by atoms with Crippen LogP contribution in [0.1, 0.15) is 39.9 Å². The number of pyridine rings is 1. The van der Waals surface area contributed by atoms with Gasteiger partial charge < -0.3 is 9.94 Å². The summed E-state index contributed by atoms with van der Waals surface area (Å²) < 4.78 is 5.72. The molecule has 6 heteroatoms. The van der Waals surface area contributed by atoms with Crippen molar-refractivity contribution in [2.45, 2.75) is 24.7 Å². The van der Waals surface area contributed by atoms with Crippen LogP contribution >= 0.6 is 0 Å². The molecule has 1 aromatic heterocycles. The number of anilines is 1. The highest BCUT2D eigenvalue weighted by atomic mass is 16.5. The molecule has 4 rings (SSSR count). The quantitative estimate of drug-likeness (QED) is 0.474. The summed E-state index contributed by atoms with van der Waals surface area (Å²) in [7, 11) is 1.35. The first-order valence-corrected chi connectivity index (χ1v) is 7.76. The first-order chi connectivity index (χ1) is 11.5. The lowest BCUT2D eigenvalue weighted by atomic mass is 9.73. The van der Waals surface area contributed by atoms with Gasteiger partial charge in [0.2, 0.25) is 0 Å². The smallest absolute Gasteiger partial charge is 0.337 e. The van der Waals surface area contributed by atoms with Crippen LogP contribution in [0.25, 0.3) is 0 Å². The van der Waals surface area contributed by atoms with Crippen molar-refractivity contribution >= 4 is 17.7 Å². The maximum absolute atomic E-state index is 12.8. The summed E-state index contributed by atoms with van der Waals surface area (Å²) >= 11 is 0. The van der Waals surface area contributed by atoms with E-state index >= 15 is 0 Å². The van der Waals surface area contributed by atoms with Gasteiger partial charge in [0.1, 0.15) is 11.6 Å². The highest BCUT2D eigenvalue weighted by Gasteiger charge is 2.60. The molecule has 0 saturated carbocycles. The highest BCUT2D eigenvalue weighted by molar-refractivity contribution is 6.06. The Labute approximate surface area is 138 Å². The fraction of sp³-hybridized carbons (Fsp3) is 0.278. The van der Waals surface area contributed by atoms with E-state index in [1.807, 2.05) is 19.1 Å². The minimum atomic E-state index is -0.766. The number of esters is 1. The van der Waals surface area contributed by atoms with Gasteiger partial charge in [0.05, 0.1) is 18.2 Å². The van der Waals surface area contributed by atoms with E-state index in [2.05, 4.69) is 5.32 Å².